The molecule has 2 saturated heterocycles. The Morgan fingerprint density at radius 3 is 2.45 bits per heavy atom. The van der Waals surface area contributed by atoms with Gasteiger partial charge in [0.2, 0.25) is 5.91 Å². The second-order valence-corrected chi connectivity index (χ2v) is 8.21. The number of likely N-dealkylation sites (tertiary alicyclic amines) is 2. The number of amides is 2. The minimum atomic E-state index is -0.0740. The van der Waals surface area contributed by atoms with Crippen molar-refractivity contribution in [3.63, 3.8) is 0 Å². The molecule has 1 aromatic heterocycles. The second-order valence-electron chi connectivity index (χ2n) is 8.21. The Bertz CT molecular complexity index is 810. The maximum absolute atomic E-state index is 13.4. The van der Waals surface area contributed by atoms with Crippen LogP contribution in [0.3, 0.4) is 0 Å². The van der Waals surface area contributed by atoms with E-state index in [2.05, 4.69) is 36.1 Å². The van der Waals surface area contributed by atoms with E-state index in [1.54, 1.807) is 12.1 Å². The molecule has 3 heterocycles. The monoisotopic (exact) mass is 394 g/mol. The van der Waals surface area contributed by atoms with Gasteiger partial charge >= 0.3 is 0 Å². The van der Waals surface area contributed by atoms with E-state index in [9.17, 15) is 9.59 Å². The molecule has 2 aliphatic rings. The number of piperidine rings is 1. The molecule has 0 aliphatic carbocycles. The lowest BCUT2D eigenvalue weighted by molar-refractivity contribution is -0.138. The van der Waals surface area contributed by atoms with Gasteiger partial charge in [-0.15, -0.1) is 0 Å². The van der Waals surface area contributed by atoms with Crippen LogP contribution in [0.25, 0.3) is 0 Å². The van der Waals surface area contributed by atoms with Gasteiger partial charge in [0.05, 0.1) is 6.26 Å². The lowest BCUT2D eigenvalue weighted by Gasteiger charge is -2.37. The summed E-state index contributed by atoms with van der Waals surface area (Å²) in [4.78, 5) is 29.8. The molecule has 2 aromatic rings. The standard InChI is InChI=1S/C24H30N2O3/c1-2-20(18-8-4-3-5-9-18)21-10-6-14-26(21)23(27)19-12-15-25(16-13-19)24(28)22-11-7-17-29-22/h3-5,7-9,11,17,19-21H,2,6,10,12-16H2,1H3/t20-,21-/m1/s1. The number of nitrogens with zero attached hydrogens (tertiary/aromatic N) is 2. The van der Waals surface area contributed by atoms with Crippen LogP contribution in [-0.4, -0.2) is 47.3 Å². The molecule has 0 radical (unpaired) electrons. The van der Waals surface area contributed by atoms with Gasteiger partial charge in [0.25, 0.3) is 5.91 Å². The first-order valence-electron chi connectivity index (χ1n) is 10.9. The first-order chi connectivity index (χ1) is 14.2. The van der Waals surface area contributed by atoms with Gasteiger partial charge < -0.3 is 14.2 Å². The van der Waals surface area contributed by atoms with Crippen molar-refractivity contribution in [1.82, 2.24) is 9.80 Å². The molecule has 2 aliphatic heterocycles. The Morgan fingerprint density at radius 2 is 1.79 bits per heavy atom. The molecule has 0 bridgehead atoms. The van der Waals surface area contributed by atoms with Crippen molar-refractivity contribution >= 4 is 11.8 Å². The normalized spacial score (nSPS) is 21.3. The largest absolute Gasteiger partial charge is 0.459 e. The second kappa shape index (κ2) is 8.85. The number of benzene rings is 1. The van der Waals surface area contributed by atoms with Crippen LogP contribution in [0.5, 0.6) is 0 Å². The van der Waals surface area contributed by atoms with Gasteiger partial charge in [0, 0.05) is 37.5 Å². The summed E-state index contributed by atoms with van der Waals surface area (Å²) in [7, 11) is 0. The first kappa shape index (κ1) is 19.7. The van der Waals surface area contributed by atoms with Crippen molar-refractivity contribution in [2.75, 3.05) is 19.6 Å². The van der Waals surface area contributed by atoms with E-state index in [4.69, 9.17) is 4.42 Å². The van der Waals surface area contributed by atoms with Gasteiger partial charge in [-0.1, -0.05) is 37.3 Å². The van der Waals surface area contributed by atoms with Crippen molar-refractivity contribution in [2.24, 2.45) is 5.92 Å². The Morgan fingerprint density at radius 1 is 1.03 bits per heavy atom. The van der Waals surface area contributed by atoms with E-state index in [1.165, 1.54) is 11.8 Å². The fraction of sp³-hybridized carbons (Fsp3) is 0.500. The molecule has 1 aromatic carbocycles. The Hall–Kier alpha value is -2.56. The van der Waals surface area contributed by atoms with Gasteiger partial charge in [0.1, 0.15) is 0 Å². The van der Waals surface area contributed by atoms with E-state index in [0.717, 1.165) is 38.6 Å². The quantitative estimate of drug-likeness (QED) is 0.759. The van der Waals surface area contributed by atoms with Crippen LogP contribution in [0.2, 0.25) is 0 Å². The van der Waals surface area contributed by atoms with Crippen LogP contribution < -0.4 is 0 Å². The molecule has 5 heteroatoms. The summed E-state index contributed by atoms with van der Waals surface area (Å²) in [6, 6.07) is 14.3. The predicted molar refractivity (Wildman–Crippen MR) is 112 cm³/mol. The Kier molecular flexibility index (Phi) is 6.02. The highest BCUT2D eigenvalue weighted by Crippen LogP contribution is 2.35. The SMILES string of the molecule is CC[C@H](c1ccccc1)[C@H]1CCCN1C(=O)C1CCN(C(=O)c2ccco2)CC1. The molecule has 5 nitrogen and oxygen atoms in total. The molecule has 0 spiro atoms. The van der Waals surface area contributed by atoms with Crippen molar-refractivity contribution < 1.29 is 14.0 Å². The van der Waals surface area contributed by atoms with E-state index in [-0.39, 0.29) is 23.8 Å². The fourth-order valence-electron chi connectivity index (χ4n) is 5.03. The third-order valence-corrected chi connectivity index (χ3v) is 6.58. The lowest BCUT2D eigenvalue weighted by Crippen LogP contribution is -2.47. The van der Waals surface area contributed by atoms with Crippen molar-refractivity contribution in [1.29, 1.82) is 0 Å². The third-order valence-electron chi connectivity index (χ3n) is 6.58. The molecular formula is C24H30N2O3. The molecule has 0 unspecified atom stereocenters. The maximum atomic E-state index is 13.4. The summed E-state index contributed by atoms with van der Waals surface area (Å²) in [5.74, 6) is 0.998. The number of rotatable bonds is 5. The minimum absolute atomic E-state index is 0.0181. The summed E-state index contributed by atoms with van der Waals surface area (Å²) in [6.07, 6.45) is 6.18. The topological polar surface area (TPSA) is 53.8 Å². The van der Waals surface area contributed by atoms with Crippen LogP contribution in [0.4, 0.5) is 0 Å². The zero-order valence-corrected chi connectivity index (χ0v) is 17.1. The van der Waals surface area contributed by atoms with Gasteiger partial charge in [0.15, 0.2) is 5.76 Å². The fourth-order valence-corrected chi connectivity index (χ4v) is 5.03. The molecule has 0 N–H and O–H groups in total. The average Bonchev–Trinajstić information content (AvgIpc) is 3.47. The molecule has 2 atom stereocenters. The average molecular weight is 395 g/mol. The lowest BCUT2D eigenvalue weighted by atomic mass is 9.86. The minimum Gasteiger partial charge on any atom is -0.459 e. The summed E-state index contributed by atoms with van der Waals surface area (Å²) in [6.45, 7) is 4.31. The molecule has 0 saturated carbocycles. The van der Waals surface area contributed by atoms with Crippen molar-refractivity contribution in [3.05, 3.63) is 60.1 Å². The Labute approximate surface area is 172 Å². The summed E-state index contributed by atoms with van der Waals surface area (Å²) < 4.78 is 5.23. The van der Waals surface area contributed by atoms with Gasteiger partial charge in [-0.3, -0.25) is 9.59 Å². The van der Waals surface area contributed by atoms with Crippen molar-refractivity contribution in [2.45, 2.75) is 51.0 Å². The van der Waals surface area contributed by atoms with E-state index in [1.807, 2.05) is 11.0 Å². The molecule has 2 fully saturated rings. The van der Waals surface area contributed by atoms with Gasteiger partial charge in [-0.2, -0.15) is 0 Å². The maximum Gasteiger partial charge on any atom is 0.289 e. The highest BCUT2D eigenvalue weighted by atomic mass is 16.3. The van der Waals surface area contributed by atoms with Crippen LogP contribution in [-0.2, 0) is 4.79 Å². The molecular weight excluding hydrogens is 364 g/mol. The van der Waals surface area contributed by atoms with Gasteiger partial charge in [-0.05, 0) is 49.8 Å². The van der Waals surface area contributed by atoms with Crippen molar-refractivity contribution in [3.8, 4) is 0 Å². The summed E-state index contributed by atoms with van der Waals surface area (Å²) in [5.41, 5.74) is 1.33. The van der Waals surface area contributed by atoms with Gasteiger partial charge in [-0.25, -0.2) is 0 Å². The van der Waals surface area contributed by atoms with E-state index < -0.39 is 0 Å². The van der Waals surface area contributed by atoms with Crippen LogP contribution >= 0.6 is 0 Å². The summed E-state index contributed by atoms with van der Waals surface area (Å²) >= 11 is 0. The van der Waals surface area contributed by atoms with E-state index in [0.29, 0.717) is 24.8 Å². The smallest absolute Gasteiger partial charge is 0.289 e. The van der Waals surface area contributed by atoms with E-state index >= 15 is 0 Å². The number of furan rings is 1. The van der Waals surface area contributed by atoms with Crippen LogP contribution in [0.15, 0.2) is 53.1 Å². The Balaban J connectivity index is 1.39. The highest BCUT2D eigenvalue weighted by Gasteiger charge is 2.38. The molecule has 4 rings (SSSR count). The number of carbonyl (C=O) groups is 2. The van der Waals surface area contributed by atoms with Crippen LogP contribution in [0, 0.1) is 5.92 Å². The molecule has 2 amide bonds. The van der Waals surface area contributed by atoms with Crippen LogP contribution in [0.1, 0.15) is 61.1 Å². The molecule has 29 heavy (non-hydrogen) atoms. The third kappa shape index (κ3) is 4.09. The zero-order chi connectivity index (χ0) is 20.2. The number of carbonyl (C=O) groups excluding carboxylic acids is 2. The first-order valence-corrected chi connectivity index (χ1v) is 10.9. The highest BCUT2D eigenvalue weighted by molar-refractivity contribution is 5.91. The number of hydrogen-bond acceptors (Lipinski definition) is 3. The predicted octanol–water partition coefficient (Wildman–Crippen LogP) is 4.32. The molecule has 154 valence electrons. The number of hydrogen-bond donors (Lipinski definition) is 0. The summed E-state index contributed by atoms with van der Waals surface area (Å²) in [5, 5.41) is 0. The zero-order valence-electron chi connectivity index (χ0n) is 17.1.